The van der Waals surface area contributed by atoms with Gasteiger partial charge in [-0.25, -0.2) is 23.4 Å². The summed E-state index contributed by atoms with van der Waals surface area (Å²) < 4.78 is 35.8. The van der Waals surface area contributed by atoms with Crippen LogP contribution in [0.5, 0.6) is 5.75 Å². The largest absolute Gasteiger partial charge is 0.482 e. The molecule has 4 aromatic rings. The Bertz CT molecular complexity index is 1400. The molecule has 4 rings (SSSR count). The molecule has 0 spiro atoms. The number of hydrogen-bond acceptors (Lipinski definition) is 6. The summed E-state index contributed by atoms with van der Waals surface area (Å²) in [6.07, 6.45) is 1.42. The Morgan fingerprint density at radius 3 is 2.66 bits per heavy atom. The molecule has 2 amide bonds. The molecule has 0 saturated carbocycles. The van der Waals surface area contributed by atoms with E-state index in [-0.39, 0.29) is 46.5 Å². The van der Waals surface area contributed by atoms with Gasteiger partial charge in [0.25, 0.3) is 0 Å². The second kappa shape index (κ2) is 11.3. The Hall–Kier alpha value is -3.52. The molecule has 2 aromatic carbocycles. The zero-order valence-corrected chi connectivity index (χ0v) is 19.6. The van der Waals surface area contributed by atoms with Gasteiger partial charge in [-0.3, -0.25) is 10.3 Å². The second-order valence-electron chi connectivity index (χ2n) is 7.01. The molecule has 35 heavy (non-hydrogen) atoms. The summed E-state index contributed by atoms with van der Waals surface area (Å²) in [5.41, 5.74) is 0.684. The fourth-order valence-electron chi connectivity index (χ4n) is 3.28. The molecule has 1 radical (unpaired) electrons. The predicted molar refractivity (Wildman–Crippen MR) is 130 cm³/mol. The molecule has 2 aromatic heterocycles. The van der Waals surface area contributed by atoms with Crippen molar-refractivity contribution >= 4 is 57.5 Å². The number of halogens is 2. The van der Waals surface area contributed by atoms with Gasteiger partial charge >= 0.3 is 12.0 Å². The molecule has 0 aliphatic rings. The molecular weight excluding hydrogens is 473 g/mol. The molecular formula is C23H18F2LiN4O4S. The molecule has 12 heteroatoms. The Morgan fingerprint density at radius 1 is 1.14 bits per heavy atom. The molecule has 175 valence electrons. The van der Waals surface area contributed by atoms with Crippen molar-refractivity contribution in [2.45, 2.75) is 6.92 Å². The van der Waals surface area contributed by atoms with Crippen LogP contribution in [0, 0.1) is 11.6 Å². The maximum Gasteiger partial charge on any atom is 0.341 e. The molecule has 0 fully saturated rings. The number of nitrogens with zero attached hydrogens (tertiary/aromatic N) is 2. The number of carbonyl (C=O) groups excluding carboxylic acids is 1. The van der Waals surface area contributed by atoms with Crippen molar-refractivity contribution in [2.24, 2.45) is 0 Å². The van der Waals surface area contributed by atoms with Crippen molar-refractivity contribution in [1.82, 2.24) is 15.3 Å². The summed E-state index contributed by atoms with van der Waals surface area (Å²) in [4.78, 5) is 31.1. The molecule has 0 atom stereocenters. The van der Waals surface area contributed by atoms with Crippen molar-refractivity contribution < 1.29 is 28.2 Å². The number of pyridine rings is 1. The Labute approximate surface area is 214 Å². The first-order chi connectivity index (χ1) is 16.4. The van der Waals surface area contributed by atoms with E-state index in [1.54, 1.807) is 25.1 Å². The van der Waals surface area contributed by atoms with E-state index in [0.717, 1.165) is 11.3 Å². The number of ether oxygens (including phenoxy) is 1. The third kappa shape index (κ3) is 5.76. The van der Waals surface area contributed by atoms with Gasteiger partial charge in [-0.05, 0) is 42.8 Å². The van der Waals surface area contributed by atoms with E-state index in [1.807, 2.05) is 0 Å². The topological polar surface area (TPSA) is 113 Å². The number of hydrogen-bond donors (Lipinski definition) is 3. The van der Waals surface area contributed by atoms with Crippen LogP contribution in [-0.2, 0) is 4.79 Å². The van der Waals surface area contributed by atoms with Gasteiger partial charge in [0, 0.05) is 42.7 Å². The molecule has 0 unspecified atom stereocenters. The van der Waals surface area contributed by atoms with Crippen LogP contribution in [0.1, 0.15) is 6.92 Å². The van der Waals surface area contributed by atoms with E-state index in [0.29, 0.717) is 22.4 Å². The fourth-order valence-corrected chi connectivity index (χ4v) is 4.25. The van der Waals surface area contributed by atoms with Crippen LogP contribution in [0.2, 0.25) is 0 Å². The number of anilines is 1. The summed E-state index contributed by atoms with van der Waals surface area (Å²) in [6, 6.07) is 9.84. The first-order valence-electron chi connectivity index (χ1n) is 10.1. The molecule has 2 heterocycles. The van der Waals surface area contributed by atoms with E-state index < -0.39 is 30.2 Å². The molecule has 0 saturated heterocycles. The Kier molecular flexibility index (Phi) is 8.40. The number of carbonyl (C=O) groups is 2. The molecule has 0 aliphatic heterocycles. The van der Waals surface area contributed by atoms with Gasteiger partial charge in [-0.15, -0.1) is 0 Å². The molecule has 0 aliphatic carbocycles. The minimum atomic E-state index is -1.15. The van der Waals surface area contributed by atoms with Gasteiger partial charge in [0.15, 0.2) is 17.6 Å². The summed E-state index contributed by atoms with van der Waals surface area (Å²) in [6.45, 7) is 1.58. The molecule has 0 bridgehead atoms. The van der Waals surface area contributed by atoms with Crippen molar-refractivity contribution in [3.8, 4) is 28.1 Å². The Morgan fingerprint density at radius 2 is 1.94 bits per heavy atom. The standard InChI is InChI=1S/C23H18F2N4O4S.Li/c1-2-26-22(32)29-23-28-20-18(25)14(12-5-3-6-13(9-12)33-11-17(30)31)10-15(21(20)34-23)19-16(24)7-4-8-27-19;/h3-10H,2,11H2,1H3,(H,30,31)(H2,26,28,29,32);. The maximum absolute atomic E-state index is 15.7. The molecule has 8 nitrogen and oxygen atoms in total. The Balaban J connectivity index is 0.00000342. The zero-order chi connectivity index (χ0) is 24.2. The van der Waals surface area contributed by atoms with Gasteiger partial charge in [-0.1, -0.05) is 23.5 Å². The molecule has 3 N–H and O–H groups in total. The summed E-state index contributed by atoms with van der Waals surface area (Å²) in [5, 5.41) is 14.1. The van der Waals surface area contributed by atoms with Gasteiger partial charge < -0.3 is 15.2 Å². The van der Waals surface area contributed by atoms with Gasteiger partial charge in [0.05, 0.1) is 4.70 Å². The number of urea groups is 1. The SMILES string of the molecule is CCNC(=O)Nc1nc2c(F)c(-c3cccc(OCC(=O)O)c3)cc(-c3ncccc3F)c2s1.[Li]. The van der Waals surface area contributed by atoms with Crippen LogP contribution in [0.3, 0.4) is 0 Å². The number of benzene rings is 2. The number of aliphatic carboxylic acids is 1. The zero-order valence-electron chi connectivity index (χ0n) is 18.8. The number of rotatable bonds is 7. The quantitative estimate of drug-likeness (QED) is 0.328. The monoisotopic (exact) mass is 491 g/mol. The number of nitrogens with one attached hydrogen (secondary N) is 2. The summed E-state index contributed by atoms with van der Waals surface area (Å²) in [7, 11) is 0. The van der Waals surface area contributed by atoms with Gasteiger partial charge in [0.2, 0.25) is 0 Å². The third-order valence-corrected chi connectivity index (χ3v) is 5.69. The van der Waals surface area contributed by atoms with E-state index in [1.165, 1.54) is 30.5 Å². The fraction of sp³-hybridized carbons (Fsp3) is 0.130. The van der Waals surface area contributed by atoms with Crippen molar-refractivity contribution in [1.29, 1.82) is 0 Å². The minimum absolute atomic E-state index is 0. The predicted octanol–water partition coefficient (Wildman–Crippen LogP) is 4.53. The van der Waals surface area contributed by atoms with Crippen molar-refractivity contribution in [3.63, 3.8) is 0 Å². The minimum Gasteiger partial charge on any atom is -0.482 e. The number of aromatic nitrogens is 2. The smallest absolute Gasteiger partial charge is 0.341 e. The van der Waals surface area contributed by atoms with Crippen LogP contribution < -0.4 is 15.4 Å². The second-order valence-corrected chi connectivity index (χ2v) is 8.01. The number of thiazole rings is 1. The first-order valence-corrected chi connectivity index (χ1v) is 10.9. The normalized spacial score (nSPS) is 10.5. The number of amides is 2. The van der Waals surface area contributed by atoms with Crippen LogP contribution in [0.25, 0.3) is 32.6 Å². The number of fused-ring (bicyclic) bond motifs is 1. The maximum atomic E-state index is 15.7. The van der Waals surface area contributed by atoms with Crippen molar-refractivity contribution in [3.05, 3.63) is 60.3 Å². The average Bonchev–Trinajstić information content (AvgIpc) is 3.23. The van der Waals surface area contributed by atoms with Gasteiger partial charge in [0.1, 0.15) is 22.8 Å². The summed E-state index contributed by atoms with van der Waals surface area (Å²) >= 11 is 0.994. The third-order valence-electron chi connectivity index (χ3n) is 4.68. The average molecular weight is 491 g/mol. The summed E-state index contributed by atoms with van der Waals surface area (Å²) in [5.74, 6) is -2.22. The van der Waals surface area contributed by atoms with Crippen LogP contribution in [-0.4, -0.2) is 59.1 Å². The number of carboxylic acid groups (broad SMARTS) is 1. The van der Waals surface area contributed by atoms with E-state index >= 15 is 4.39 Å². The first kappa shape index (κ1) is 26.1. The van der Waals surface area contributed by atoms with E-state index in [4.69, 9.17) is 9.84 Å². The number of carboxylic acids is 1. The van der Waals surface area contributed by atoms with Crippen molar-refractivity contribution in [2.75, 3.05) is 18.5 Å². The van der Waals surface area contributed by atoms with Crippen LogP contribution >= 0.6 is 11.3 Å². The van der Waals surface area contributed by atoms with E-state index in [2.05, 4.69) is 20.6 Å². The van der Waals surface area contributed by atoms with Gasteiger partial charge in [-0.2, -0.15) is 0 Å². The van der Waals surface area contributed by atoms with E-state index in [9.17, 15) is 14.0 Å². The van der Waals surface area contributed by atoms with Crippen LogP contribution in [0.4, 0.5) is 18.7 Å². The van der Waals surface area contributed by atoms with Crippen LogP contribution in [0.15, 0.2) is 48.7 Å².